The molecule has 0 saturated heterocycles. The van der Waals surface area contributed by atoms with Gasteiger partial charge in [-0.05, 0) is 48.6 Å². The lowest BCUT2D eigenvalue weighted by Gasteiger charge is -2.33. The number of amides is 2. The van der Waals surface area contributed by atoms with Crippen molar-refractivity contribution in [1.29, 1.82) is 0 Å². The lowest BCUT2D eigenvalue weighted by atomic mass is 9.86. The number of carbonyl (C=O) groups is 3. The van der Waals surface area contributed by atoms with Crippen LogP contribution in [0.5, 0.6) is 0 Å². The van der Waals surface area contributed by atoms with Gasteiger partial charge in [0, 0.05) is 19.5 Å². The number of nitrogens with zero attached hydrogens (tertiary/aromatic N) is 1. The Hall–Kier alpha value is -3.45. The normalized spacial score (nSPS) is 20.9. The molecule has 2 amide bonds. The number of hydrogen-bond acceptors (Lipinski definition) is 5. The molecule has 2 aromatic rings. The van der Waals surface area contributed by atoms with Crippen molar-refractivity contribution >= 4 is 17.8 Å². The molecular weight excluding hydrogens is 516 g/mol. The first-order chi connectivity index (χ1) is 19.7. The van der Waals surface area contributed by atoms with Crippen LogP contribution >= 0.6 is 0 Å². The molecule has 7 heteroatoms. The van der Waals surface area contributed by atoms with Crippen molar-refractivity contribution in [2.75, 3.05) is 19.8 Å². The number of benzene rings is 2. The van der Waals surface area contributed by atoms with E-state index in [1.807, 2.05) is 93.6 Å². The molecule has 222 valence electrons. The highest BCUT2D eigenvalue weighted by Gasteiger charge is 2.32. The first-order valence-corrected chi connectivity index (χ1v) is 14.8. The molecule has 1 heterocycles. The Kier molecular flexibility index (Phi) is 12.6. The molecule has 0 fully saturated rings. The van der Waals surface area contributed by atoms with E-state index >= 15 is 0 Å². The van der Waals surface area contributed by atoms with Gasteiger partial charge in [-0.25, -0.2) is 0 Å². The molecule has 0 saturated carbocycles. The van der Waals surface area contributed by atoms with E-state index < -0.39 is 12.0 Å². The Bertz CT molecular complexity index is 1130. The molecule has 0 radical (unpaired) electrons. The number of rotatable bonds is 8. The number of carbonyl (C=O) groups excluding carboxylic acids is 3. The van der Waals surface area contributed by atoms with Crippen molar-refractivity contribution in [3.8, 4) is 0 Å². The average Bonchev–Trinajstić information content (AvgIpc) is 2.95. The van der Waals surface area contributed by atoms with Crippen molar-refractivity contribution < 1.29 is 24.2 Å². The van der Waals surface area contributed by atoms with Crippen molar-refractivity contribution in [3.63, 3.8) is 0 Å². The molecule has 7 nitrogen and oxygen atoms in total. The molecule has 1 aliphatic heterocycles. The number of hydrogen-bond donors (Lipinski definition) is 2. The molecule has 1 aliphatic rings. The molecule has 0 spiro atoms. The van der Waals surface area contributed by atoms with E-state index in [-0.39, 0.29) is 55.3 Å². The van der Waals surface area contributed by atoms with Gasteiger partial charge in [0.15, 0.2) is 0 Å². The van der Waals surface area contributed by atoms with E-state index in [0.717, 1.165) is 24.0 Å². The number of nitrogens with one attached hydrogen (secondary N) is 1. The minimum Gasteiger partial charge on any atom is -0.463 e. The van der Waals surface area contributed by atoms with Gasteiger partial charge >= 0.3 is 5.97 Å². The number of aliphatic hydroxyl groups excluding tert-OH is 1. The van der Waals surface area contributed by atoms with Crippen LogP contribution in [0.2, 0.25) is 0 Å². The van der Waals surface area contributed by atoms with E-state index in [2.05, 4.69) is 5.32 Å². The van der Waals surface area contributed by atoms with Gasteiger partial charge in [0.1, 0.15) is 6.61 Å². The highest BCUT2D eigenvalue weighted by Crippen LogP contribution is 2.24. The average molecular weight is 563 g/mol. The Morgan fingerprint density at radius 2 is 1.63 bits per heavy atom. The Balaban J connectivity index is 1.76. The first kappa shape index (κ1) is 32.1. The smallest absolute Gasteiger partial charge is 0.309 e. The monoisotopic (exact) mass is 562 g/mol. The van der Waals surface area contributed by atoms with Crippen LogP contribution in [-0.2, 0) is 32.1 Å². The topological polar surface area (TPSA) is 95.9 Å². The summed E-state index contributed by atoms with van der Waals surface area (Å²) in [5.41, 5.74) is 1.69. The van der Waals surface area contributed by atoms with Gasteiger partial charge < -0.3 is 20.1 Å². The first-order valence-electron chi connectivity index (χ1n) is 14.8. The summed E-state index contributed by atoms with van der Waals surface area (Å²) in [7, 11) is 0. The number of cyclic esters (lactones) is 1. The van der Waals surface area contributed by atoms with Gasteiger partial charge in [-0.2, -0.15) is 0 Å². The summed E-state index contributed by atoms with van der Waals surface area (Å²) in [6, 6.07) is 19.2. The fourth-order valence-electron chi connectivity index (χ4n) is 4.98. The fourth-order valence-corrected chi connectivity index (χ4v) is 4.98. The second-order valence-electron chi connectivity index (χ2n) is 12.0. The SMILES string of the molecule is CC(C)(C)C1COC(=O)C(Cc2ccccc2)CCCC=CCC(CC(=O)N(CCO)Cc2ccccc2)C(=O)N1. The zero-order chi connectivity index (χ0) is 29.7. The summed E-state index contributed by atoms with van der Waals surface area (Å²) in [5.74, 6) is -1.49. The third-order valence-corrected chi connectivity index (χ3v) is 7.65. The van der Waals surface area contributed by atoms with Crippen LogP contribution in [0.25, 0.3) is 0 Å². The quantitative estimate of drug-likeness (QED) is 0.346. The third-order valence-electron chi connectivity index (χ3n) is 7.65. The van der Waals surface area contributed by atoms with Crippen molar-refractivity contribution in [2.45, 2.75) is 71.9 Å². The lowest BCUT2D eigenvalue weighted by molar-refractivity contribution is -0.151. The maximum atomic E-state index is 13.6. The molecule has 2 N–H and O–H groups in total. The van der Waals surface area contributed by atoms with Gasteiger partial charge in [-0.1, -0.05) is 93.6 Å². The van der Waals surface area contributed by atoms with Crippen LogP contribution in [0.3, 0.4) is 0 Å². The molecule has 3 unspecified atom stereocenters. The third kappa shape index (κ3) is 10.8. The van der Waals surface area contributed by atoms with Crippen LogP contribution in [0, 0.1) is 17.3 Å². The minimum absolute atomic E-state index is 0.0266. The molecule has 3 atom stereocenters. The van der Waals surface area contributed by atoms with Crippen molar-refractivity contribution in [1.82, 2.24) is 10.2 Å². The predicted octanol–water partition coefficient (Wildman–Crippen LogP) is 5.08. The standard InChI is InChI=1S/C34H46N2O5/c1-34(2,3)30-25-41-33(40)29(22-26-14-8-6-9-15-26)19-13-5-4-12-18-28(32(39)35-30)23-31(38)36(20-21-37)24-27-16-10-7-11-17-27/h4,6-12,14-17,28-30,37H,5,13,18-25H2,1-3H3,(H,35,39). The summed E-state index contributed by atoms with van der Waals surface area (Å²) >= 11 is 0. The number of esters is 1. The van der Waals surface area contributed by atoms with Gasteiger partial charge in [0.05, 0.1) is 24.5 Å². The maximum Gasteiger partial charge on any atom is 0.309 e. The molecular formula is C34H46N2O5. The van der Waals surface area contributed by atoms with Crippen molar-refractivity contribution in [2.24, 2.45) is 17.3 Å². The molecule has 0 aromatic heterocycles. The summed E-state index contributed by atoms with van der Waals surface area (Å²) in [4.78, 5) is 41.8. The summed E-state index contributed by atoms with van der Waals surface area (Å²) < 4.78 is 5.84. The molecule has 0 bridgehead atoms. The summed E-state index contributed by atoms with van der Waals surface area (Å²) in [6.45, 7) is 6.48. The van der Waals surface area contributed by atoms with Crippen LogP contribution in [0.1, 0.15) is 64.0 Å². The molecule has 0 aliphatic carbocycles. The van der Waals surface area contributed by atoms with Crippen LogP contribution in [0.15, 0.2) is 72.8 Å². The Labute approximate surface area is 245 Å². The van der Waals surface area contributed by atoms with E-state index in [0.29, 0.717) is 25.8 Å². The van der Waals surface area contributed by atoms with E-state index in [1.165, 1.54) is 0 Å². The maximum absolute atomic E-state index is 13.6. The summed E-state index contributed by atoms with van der Waals surface area (Å²) in [6.07, 6.45) is 7.40. The minimum atomic E-state index is -0.579. The molecule has 3 rings (SSSR count). The Morgan fingerprint density at radius 3 is 2.27 bits per heavy atom. The van der Waals surface area contributed by atoms with Gasteiger partial charge in [-0.15, -0.1) is 0 Å². The second kappa shape index (κ2) is 16.1. The highest BCUT2D eigenvalue weighted by atomic mass is 16.5. The van der Waals surface area contributed by atoms with Gasteiger partial charge in [0.25, 0.3) is 0 Å². The molecule has 41 heavy (non-hydrogen) atoms. The van der Waals surface area contributed by atoms with Gasteiger partial charge in [0.2, 0.25) is 11.8 Å². The van der Waals surface area contributed by atoms with Crippen LogP contribution in [-0.4, -0.2) is 53.6 Å². The number of ether oxygens (including phenoxy) is 1. The number of aliphatic hydroxyl groups is 1. The van der Waals surface area contributed by atoms with E-state index in [4.69, 9.17) is 4.74 Å². The second-order valence-corrected chi connectivity index (χ2v) is 12.0. The Morgan fingerprint density at radius 1 is 0.976 bits per heavy atom. The zero-order valence-electron chi connectivity index (χ0n) is 24.8. The van der Waals surface area contributed by atoms with Gasteiger partial charge in [-0.3, -0.25) is 14.4 Å². The predicted molar refractivity (Wildman–Crippen MR) is 161 cm³/mol. The summed E-state index contributed by atoms with van der Waals surface area (Å²) in [5, 5.41) is 12.7. The number of allylic oxidation sites excluding steroid dienone is 2. The van der Waals surface area contributed by atoms with E-state index in [1.54, 1.807) is 4.90 Å². The van der Waals surface area contributed by atoms with E-state index in [9.17, 15) is 19.5 Å². The fraction of sp³-hybridized carbons (Fsp3) is 0.500. The largest absolute Gasteiger partial charge is 0.463 e. The zero-order valence-corrected chi connectivity index (χ0v) is 24.8. The van der Waals surface area contributed by atoms with Crippen LogP contribution in [0.4, 0.5) is 0 Å². The van der Waals surface area contributed by atoms with Crippen LogP contribution < -0.4 is 5.32 Å². The van der Waals surface area contributed by atoms with Crippen molar-refractivity contribution in [3.05, 3.63) is 83.9 Å². The lowest BCUT2D eigenvalue weighted by Crippen LogP contribution is -2.50. The molecule has 2 aromatic carbocycles. The highest BCUT2D eigenvalue weighted by molar-refractivity contribution is 5.86.